The fourth-order valence-electron chi connectivity index (χ4n) is 3.84. The van der Waals surface area contributed by atoms with E-state index in [0.29, 0.717) is 16.4 Å². The first-order valence-corrected chi connectivity index (χ1v) is 10.1. The molecule has 0 aliphatic carbocycles. The Morgan fingerprint density at radius 2 is 1.79 bits per heavy atom. The average Bonchev–Trinajstić information content (AvgIpc) is 3.12. The lowest BCUT2D eigenvalue weighted by atomic mass is 10.00. The zero-order valence-electron chi connectivity index (χ0n) is 15.2. The fraction of sp³-hybridized carbons (Fsp3) is 0.0435. The minimum atomic E-state index is -0.490. The van der Waals surface area contributed by atoms with Crippen molar-refractivity contribution in [3.8, 4) is 11.4 Å². The van der Waals surface area contributed by atoms with Crippen molar-refractivity contribution < 1.29 is 9.18 Å². The zero-order valence-corrected chi connectivity index (χ0v) is 17.5. The van der Waals surface area contributed by atoms with Gasteiger partial charge in [-0.2, -0.15) is 0 Å². The number of Topliss-reactive ketones (excluding diaryl/α,β-unsaturated/α-hetero) is 1. The predicted octanol–water partition coefficient (Wildman–Crippen LogP) is 7.29. The first-order chi connectivity index (χ1) is 13.9. The number of benzene rings is 4. The highest BCUT2D eigenvalue weighted by atomic mass is 79.9. The molecule has 0 spiro atoms. The van der Waals surface area contributed by atoms with Gasteiger partial charge >= 0.3 is 0 Å². The number of ketones is 1. The molecule has 29 heavy (non-hydrogen) atoms. The van der Waals surface area contributed by atoms with Gasteiger partial charge in [-0.15, -0.1) is 0 Å². The molecule has 1 heterocycles. The smallest absolute Gasteiger partial charge is 0.160 e. The van der Waals surface area contributed by atoms with Crippen molar-refractivity contribution in [2.75, 3.05) is 0 Å². The molecular weight excluding hydrogens is 455 g/mol. The van der Waals surface area contributed by atoms with Gasteiger partial charge in [0, 0.05) is 25.8 Å². The van der Waals surface area contributed by atoms with Crippen LogP contribution in [0.2, 0.25) is 5.02 Å². The van der Waals surface area contributed by atoms with Crippen LogP contribution < -0.4 is 0 Å². The summed E-state index contributed by atoms with van der Waals surface area (Å²) in [5, 5.41) is 4.43. The van der Waals surface area contributed by atoms with E-state index in [-0.39, 0.29) is 11.3 Å². The Morgan fingerprint density at radius 1 is 1.03 bits per heavy atom. The summed E-state index contributed by atoms with van der Waals surface area (Å²) in [7, 11) is 0. The van der Waals surface area contributed by atoms with Crippen molar-refractivity contribution in [1.82, 2.24) is 9.97 Å². The molecule has 0 bridgehead atoms. The number of halogens is 3. The number of imidazole rings is 1. The van der Waals surface area contributed by atoms with Crippen LogP contribution in [0.5, 0.6) is 0 Å². The molecule has 0 saturated carbocycles. The van der Waals surface area contributed by atoms with Crippen LogP contribution in [0, 0.1) is 5.82 Å². The highest BCUT2D eigenvalue weighted by Crippen LogP contribution is 2.38. The Labute approximate surface area is 178 Å². The first-order valence-electron chi connectivity index (χ1n) is 8.94. The molecule has 5 rings (SSSR count). The fourth-order valence-corrected chi connectivity index (χ4v) is 4.38. The van der Waals surface area contributed by atoms with Gasteiger partial charge in [-0.05, 0) is 48.0 Å². The summed E-state index contributed by atoms with van der Waals surface area (Å²) in [6.45, 7) is 1.42. The number of carbonyl (C=O) groups is 1. The van der Waals surface area contributed by atoms with Gasteiger partial charge in [-0.1, -0.05) is 51.8 Å². The molecule has 0 saturated heterocycles. The molecule has 6 heteroatoms. The van der Waals surface area contributed by atoms with E-state index in [9.17, 15) is 9.18 Å². The molecule has 0 aliphatic rings. The topological polar surface area (TPSA) is 45.8 Å². The molecule has 0 aliphatic heterocycles. The minimum absolute atomic E-state index is 0.184. The normalized spacial score (nSPS) is 11.6. The van der Waals surface area contributed by atoms with Crippen molar-refractivity contribution in [3.05, 3.63) is 75.5 Å². The lowest BCUT2D eigenvalue weighted by Gasteiger charge is -2.07. The number of aromatic nitrogens is 2. The van der Waals surface area contributed by atoms with E-state index in [0.717, 1.165) is 37.1 Å². The van der Waals surface area contributed by atoms with Crippen LogP contribution in [0.15, 0.2) is 59.1 Å². The number of H-pyrrole nitrogens is 1. The number of nitrogens with zero attached hydrogens (tertiary/aromatic N) is 1. The third-order valence-corrected chi connectivity index (χ3v) is 5.84. The average molecular weight is 468 g/mol. The van der Waals surface area contributed by atoms with Gasteiger partial charge in [0.05, 0.1) is 16.6 Å². The third kappa shape index (κ3) is 2.84. The van der Waals surface area contributed by atoms with Crippen LogP contribution in [0.25, 0.3) is 44.0 Å². The largest absolute Gasteiger partial charge is 0.337 e. The number of carbonyl (C=O) groups excluding carboxylic acids is 1. The van der Waals surface area contributed by atoms with Crippen molar-refractivity contribution in [3.63, 3.8) is 0 Å². The molecule has 1 aromatic heterocycles. The summed E-state index contributed by atoms with van der Waals surface area (Å²) in [5.74, 6) is -0.378. The molecule has 4 aromatic carbocycles. The van der Waals surface area contributed by atoms with E-state index in [4.69, 9.17) is 16.6 Å². The monoisotopic (exact) mass is 466 g/mol. The maximum Gasteiger partial charge on any atom is 0.160 e. The van der Waals surface area contributed by atoms with Crippen LogP contribution in [0.4, 0.5) is 4.39 Å². The first kappa shape index (κ1) is 18.3. The Balaban J connectivity index is 1.96. The standard InChI is InChI=1S/C23H13BrClFN2O/c1-11(29)14-3-2-4-19(26)20(14)23-27-21-15-7-5-12(24)9-17(15)18-10-13(25)6-8-16(18)22(21)28-23/h2-10H,1H3,(H,27,28). The van der Waals surface area contributed by atoms with Crippen molar-refractivity contribution >= 4 is 65.9 Å². The lowest BCUT2D eigenvalue weighted by molar-refractivity contribution is 0.101. The highest BCUT2D eigenvalue weighted by Gasteiger charge is 2.20. The number of nitrogens with one attached hydrogen (secondary N) is 1. The summed E-state index contributed by atoms with van der Waals surface area (Å²) in [5.41, 5.74) is 1.97. The number of aromatic amines is 1. The quantitative estimate of drug-likeness (QED) is 0.219. The predicted molar refractivity (Wildman–Crippen MR) is 119 cm³/mol. The highest BCUT2D eigenvalue weighted by molar-refractivity contribution is 9.10. The van der Waals surface area contributed by atoms with Gasteiger partial charge in [0.15, 0.2) is 5.78 Å². The molecule has 0 radical (unpaired) electrons. The molecule has 142 valence electrons. The van der Waals surface area contributed by atoms with E-state index in [1.165, 1.54) is 19.1 Å². The molecule has 3 nitrogen and oxygen atoms in total. The van der Waals surface area contributed by atoms with Gasteiger partial charge < -0.3 is 4.98 Å². The van der Waals surface area contributed by atoms with Crippen LogP contribution in [0.3, 0.4) is 0 Å². The number of rotatable bonds is 2. The van der Waals surface area contributed by atoms with E-state index in [1.807, 2.05) is 36.4 Å². The number of hydrogen-bond acceptors (Lipinski definition) is 2. The molecule has 0 atom stereocenters. The SMILES string of the molecule is CC(=O)c1cccc(F)c1-c1nc2c3ccc(Br)cc3c3cc(Cl)ccc3c2[nH]1. The summed E-state index contributed by atoms with van der Waals surface area (Å²) in [6, 6.07) is 16.1. The maximum atomic E-state index is 14.7. The lowest BCUT2D eigenvalue weighted by Crippen LogP contribution is -1.99. The Morgan fingerprint density at radius 3 is 2.59 bits per heavy atom. The molecule has 0 amide bonds. The van der Waals surface area contributed by atoms with E-state index >= 15 is 0 Å². The molecule has 0 unspecified atom stereocenters. The van der Waals surface area contributed by atoms with Crippen LogP contribution in [0.1, 0.15) is 17.3 Å². The molecule has 5 aromatic rings. The second-order valence-electron chi connectivity index (χ2n) is 6.91. The van der Waals surface area contributed by atoms with Crippen molar-refractivity contribution in [1.29, 1.82) is 0 Å². The second kappa shape index (κ2) is 6.65. The molecule has 0 fully saturated rings. The third-order valence-electron chi connectivity index (χ3n) is 5.11. The van der Waals surface area contributed by atoms with E-state index in [2.05, 4.69) is 20.9 Å². The molecule has 1 N–H and O–H groups in total. The van der Waals surface area contributed by atoms with Crippen LogP contribution in [-0.4, -0.2) is 15.8 Å². The Hall–Kier alpha value is -2.76. The van der Waals surface area contributed by atoms with E-state index < -0.39 is 5.82 Å². The van der Waals surface area contributed by atoms with Gasteiger partial charge in [-0.3, -0.25) is 4.79 Å². The number of fused-ring (bicyclic) bond motifs is 6. The maximum absolute atomic E-state index is 14.7. The molecular formula is C23H13BrClFN2O. The Kier molecular flexibility index (Phi) is 4.19. The number of hydrogen-bond donors (Lipinski definition) is 1. The van der Waals surface area contributed by atoms with Gasteiger partial charge in [-0.25, -0.2) is 9.37 Å². The minimum Gasteiger partial charge on any atom is -0.337 e. The zero-order chi connectivity index (χ0) is 20.3. The van der Waals surface area contributed by atoms with Gasteiger partial charge in [0.1, 0.15) is 11.6 Å². The summed E-state index contributed by atoms with van der Waals surface area (Å²) >= 11 is 9.79. The summed E-state index contributed by atoms with van der Waals surface area (Å²) < 4.78 is 15.7. The van der Waals surface area contributed by atoms with E-state index in [1.54, 1.807) is 6.07 Å². The van der Waals surface area contributed by atoms with Gasteiger partial charge in [0.25, 0.3) is 0 Å². The Bertz CT molecular complexity index is 1400. The van der Waals surface area contributed by atoms with Gasteiger partial charge in [0.2, 0.25) is 0 Å². The summed E-state index contributed by atoms with van der Waals surface area (Å²) in [4.78, 5) is 20.1. The van der Waals surface area contributed by atoms with Crippen molar-refractivity contribution in [2.45, 2.75) is 6.92 Å². The second-order valence-corrected chi connectivity index (χ2v) is 8.26. The van der Waals surface area contributed by atoms with Crippen LogP contribution in [-0.2, 0) is 0 Å². The van der Waals surface area contributed by atoms with Crippen LogP contribution >= 0.6 is 27.5 Å². The van der Waals surface area contributed by atoms with Crippen molar-refractivity contribution in [2.24, 2.45) is 0 Å². The summed E-state index contributed by atoms with van der Waals surface area (Å²) in [6.07, 6.45) is 0.